The molecule has 26 heavy (non-hydrogen) atoms. The highest BCUT2D eigenvalue weighted by atomic mass is 32.2. The maximum absolute atomic E-state index is 13.1. The lowest BCUT2D eigenvalue weighted by molar-refractivity contribution is -0.929. The van der Waals surface area contributed by atoms with Crippen molar-refractivity contribution in [3.63, 3.8) is 0 Å². The molecule has 2 aromatic heterocycles. The Morgan fingerprint density at radius 1 is 1.38 bits per heavy atom. The molecule has 4 nitrogen and oxygen atoms in total. The summed E-state index contributed by atoms with van der Waals surface area (Å²) in [6.45, 7) is 7.34. The zero-order valence-electron chi connectivity index (χ0n) is 14.8. The summed E-state index contributed by atoms with van der Waals surface area (Å²) in [5.74, 6) is 0. The van der Waals surface area contributed by atoms with E-state index in [0.717, 1.165) is 41.4 Å². The van der Waals surface area contributed by atoms with Gasteiger partial charge in [0.1, 0.15) is 17.9 Å². The topological polar surface area (TPSA) is 39.3 Å². The quantitative estimate of drug-likeness (QED) is 0.417. The highest BCUT2D eigenvalue weighted by Gasteiger charge is 2.27. The Bertz CT molecular complexity index is 1010. The lowest BCUT2D eigenvalue weighted by Gasteiger charge is -2.23. The van der Waals surface area contributed by atoms with E-state index in [9.17, 15) is 4.79 Å². The largest absolute Gasteiger partial charge is 0.326 e. The molecule has 1 aliphatic rings. The van der Waals surface area contributed by atoms with E-state index in [2.05, 4.69) is 36.9 Å². The van der Waals surface area contributed by atoms with Crippen LogP contribution in [-0.2, 0) is 26.1 Å². The van der Waals surface area contributed by atoms with Crippen molar-refractivity contribution in [3.05, 3.63) is 69.3 Å². The molecule has 1 N–H and O–H groups in total. The minimum absolute atomic E-state index is 0.0864. The van der Waals surface area contributed by atoms with E-state index in [4.69, 9.17) is 4.98 Å². The van der Waals surface area contributed by atoms with E-state index in [1.807, 2.05) is 6.26 Å². The van der Waals surface area contributed by atoms with Crippen LogP contribution in [0.3, 0.4) is 0 Å². The molecular formula is C20H22N3OS2+. The number of hydrogen-bond donors (Lipinski definition) is 1. The van der Waals surface area contributed by atoms with Gasteiger partial charge in [0.15, 0.2) is 5.16 Å². The van der Waals surface area contributed by atoms with Crippen molar-refractivity contribution in [1.82, 2.24) is 9.55 Å². The summed E-state index contributed by atoms with van der Waals surface area (Å²) in [6.07, 6.45) is 4.67. The smallest absolute Gasteiger partial charge is 0.263 e. The summed E-state index contributed by atoms with van der Waals surface area (Å²) in [5.41, 5.74) is 2.68. The molecule has 1 atom stereocenters. The molecule has 0 spiro atoms. The third-order valence-electron chi connectivity index (χ3n) is 4.89. The molecule has 3 heterocycles. The number of rotatable bonds is 5. The van der Waals surface area contributed by atoms with E-state index < -0.39 is 0 Å². The van der Waals surface area contributed by atoms with Crippen LogP contribution >= 0.6 is 23.1 Å². The highest BCUT2D eigenvalue weighted by molar-refractivity contribution is 7.98. The van der Waals surface area contributed by atoms with E-state index in [-0.39, 0.29) is 5.56 Å². The van der Waals surface area contributed by atoms with Crippen LogP contribution in [0.15, 0.2) is 52.9 Å². The Morgan fingerprint density at radius 3 is 2.92 bits per heavy atom. The molecule has 1 aromatic carbocycles. The van der Waals surface area contributed by atoms with Crippen molar-refractivity contribution in [1.29, 1.82) is 0 Å². The maximum Gasteiger partial charge on any atom is 0.263 e. The van der Waals surface area contributed by atoms with Gasteiger partial charge in [-0.3, -0.25) is 9.36 Å². The van der Waals surface area contributed by atoms with Gasteiger partial charge in [0.05, 0.1) is 16.8 Å². The number of fused-ring (bicyclic) bond motifs is 3. The molecule has 4 rings (SSSR count). The molecule has 0 bridgehead atoms. The lowest BCUT2D eigenvalue weighted by atomic mass is 10.0. The molecule has 1 aliphatic heterocycles. The van der Waals surface area contributed by atoms with Gasteiger partial charge in [-0.2, -0.15) is 0 Å². The lowest BCUT2D eigenvalue weighted by Crippen LogP contribution is -3.10. The number of thiophene rings is 1. The minimum Gasteiger partial charge on any atom is -0.326 e. The van der Waals surface area contributed by atoms with E-state index in [1.165, 1.54) is 27.8 Å². The fraction of sp³-hybridized carbons (Fsp3) is 0.300. The van der Waals surface area contributed by atoms with Gasteiger partial charge in [-0.1, -0.05) is 48.2 Å². The van der Waals surface area contributed by atoms with Crippen molar-refractivity contribution in [2.75, 3.05) is 12.8 Å². The monoisotopic (exact) mass is 384 g/mol. The molecule has 6 heteroatoms. The van der Waals surface area contributed by atoms with Crippen LogP contribution in [0, 0.1) is 0 Å². The Hall–Kier alpha value is -1.89. The molecular weight excluding hydrogens is 362 g/mol. The van der Waals surface area contributed by atoms with Crippen molar-refractivity contribution in [3.8, 4) is 0 Å². The van der Waals surface area contributed by atoms with Crippen LogP contribution in [0.2, 0.25) is 0 Å². The number of hydrogen-bond acceptors (Lipinski definition) is 4. The third kappa shape index (κ3) is 3.13. The second-order valence-corrected chi connectivity index (χ2v) is 8.43. The number of benzene rings is 1. The van der Waals surface area contributed by atoms with Crippen LogP contribution < -0.4 is 10.5 Å². The molecule has 3 aromatic rings. The van der Waals surface area contributed by atoms with Crippen LogP contribution in [0.25, 0.3) is 10.2 Å². The number of aromatic nitrogens is 2. The number of thioether (sulfide) groups is 1. The van der Waals surface area contributed by atoms with E-state index in [0.29, 0.717) is 6.54 Å². The van der Waals surface area contributed by atoms with Gasteiger partial charge in [-0.15, -0.1) is 17.9 Å². The third-order valence-corrected chi connectivity index (χ3v) is 6.69. The molecule has 0 amide bonds. The van der Waals surface area contributed by atoms with Gasteiger partial charge in [0, 0.05) is 18.5 Å². The zero-order valence-corrected chi connectivity index (χ0v) is 16.5. The van der Waals surface area contributed by atoms with E-state index >= 15 is 0 Å². The summed E-state index contributed by atoms with van der Waals surface area (Å²) < 4.78 is 1.75. The van der Waals surface area contributed by atoms with Gasteiger partial charge in [0.25, 0.3) is 5.56 Å². The summed E-state index contributed by atoms with van der Waals surface area (Å²) in [5, 5.41) is 1.61. The first kappa shape index (κ1) is 17.5. The summed E-state index contributed by atoms with van der Waals surface area (Å²) in [6, 6.07) is 10.6. The second kappa shape index (κ2) is 7.39. The van der Waals surface area contributed by atoms with Crippen molar-refractivity contribution in [2.45, 2.75) is 31.2 Å². The first-order chi connectivity index (χ1) is 12.7. The minimum atomic E-state index is 0.0864. The van der Waals surface area contributed by atoms with E-state index in [1.54, 1.807) is 26.9 Å². The Balaban J connectivity index is 1.71. The average Bonchev–Trinajstić information content (AvgIpc) is 3.02. The maximum atomic E-state index is 13.1. The number of allylic oxidation sites excluding steroid dienone is 1. The molecule has 0 saturated carbocycles. The summed E-state index contributed by atoms with van der Waals surface area (Å²) >= 11 is 3.22. The molecule has 0 fully saturated rings. The summed E-state index contributed by atoms with van der Waals surface area (Å²) in [7, 11) is 0. The first-order valence-electron chi connectivity index (χ1n) is 8.78. The number of quaternary nitrogens is 1. The Morgan fingerprint density at radius 2 is 2.19 bits per heavy atom. The molecule has 134 valence electrons. The number of nitrogens with one attached hydrogen (secondary N) is 1. The van der Waals surface area contributed by atoms with Crippen molar-refractivity contribution in [2.24, 2.45) is 0 Å². The second-order valence-electron chi connectivity index (χ2n) is 6.58. The predicted octanol–water partition coefficient (Wildman–Crippen LogP) is 2.51. The Labute approximate surface area is 161 Å². The zero-order chi connectivity index (χ0) is 18.1. The van der Waals surface area contributed by atoms with Crippen molar-refractivity contribution >= 4 is 33.3 Å². The average molecular weight is 385 g/mol. The summed E-state index contributed by atoms with van der Waals surface area (Å²) in [4.78, 5) is 21.6. The molecule has 0 radical (unpaired) electrons. The van der Waals surface area contributed by atoms with Gasteiger partial charge in [-0.05, 0) is 11.8 Å². The van der Waals surface area contributed by atoms with Gasteiger partial charge in [0.2, 0.25) is 0 Å². The van der Waals surface area contributed by atoms with Gasteiger partial charge >= 0.3 is 0 Å². The predicted molar refractivity (Wildman–Crippen MR) is 109 cm³/mol. The van der Waals surface area contributed by atoms with Crippen LogP contribution in [-0.4, -0.2) is 22.4 Å². The van der Waals surface area contributed by atoms with Gasteiger partial charge < -0.3 is 4.90 Å². The molecule has 0 aliphatic carbocycles. The van der Waals surface area contributed by atoms with Crippen LogP contribution in [0.4, 0.5) is 0 Å². The molecule has 1 unspecified atom stereocenters. The normalized spacial score (nSPS) is 16.6. The Kier molecular flexibility index (Phi) is 4.98. The standard InChI is InChI=1S/C20H21N3OS2/c1-3-10-23-19(24)17-15-9-11-22(12-14-7-5-4-6-8-14)13-16(15)26-18(17)21-20(23)25-2/h3-8H,1,9-13H2,2H3/p+1. The van der Waals surface area contributed by atoms with Crippen molar-refractivity contribution < 1.29 is 4.90 Å². The fourth-order valence-electron chi connectivity index (χ4n) is 3.67. The number of nitrogens with zero attached hydrogens (tertiary/aromatic N) is 2. The van der Waals surface area contributed by atoms with Crippen LogP contribution in [0.1, 0.15) is 16.0 Å². The fourth-order valence-corrected chi connectivity index (χ4v) is 5.57. The molecule has 0 saturated heterocycles. The van der Waals surface area contributed by atoms with Gasteiger partial charge in [-0.25, -0.2) is 4.98 Å². The van der Waals surface area contributed by atoms with Crippen LogP contribution in [0.5, 0.6) is 0 Å². The SMILES string of the molecule is C=CCn1c(SC)nc2sc3c(c2c1=O)CC[NH+](Cc1ccccc1)C3. The first-order valence-corrected chi connectivity index (χ1v) is 10.8. The highest BCUT2D eigenvalue weighted by Crippen LogP contribution is 2.30.